The van der Waals surface area contributed by atoms with Crippen LogP contribution in [0.4, 0.5) is 0 Å². The Morgan fingerprint density at radius 3 is 2.48 bits per heavy atom. The summed E-state index contributed by atoms with van der Waals surface area (Å²) >= 11 is 0. The van der Waals surface area contributed by atoms with Gasteiger partial charge in [-0.15, -0.1) is 0 Å². The Morgan fingerprint density at radius 2 is 1.71 bits per heavy atom. The lowest BCUT2D eigenvalue weighted by Gasteiger charge is -2.06. The fourth-order valence-corrected chi connectivity index (χ4v) is 2.78. The first-order valence-corrected chi connectivity index (χ1v) is 7.07. The maximum Gasteiger partial charge on any atom is 0.186 e. The largest absolute Gasteiger partial charge is 0.292 e. The van der Waals surface area contributed by atoms with E-state index in [0.29, 0.717) is 12.1 Å². The van der Waals surface area contributed by atoms with Crippen LogP contribution >= 0.6 is 0 Å². The lowest BCUT2D eigenvalue weighted by atomic mass is 9.99. The number of benzene rings is 2. The fourth-order valence-electron chi connectivity index (χ4n) is 2.78. The van der Waals surface area contributed by atoms with Crippen molar-refractivity contribution in [3.63, 3.8) is 0 Å². The molecule has 0 aliphatic rings. The molecule has 0 amide bonds. The third-order valence-electron chi connectivity index (χ3n) is 3.58. The number of carbonyl (C=O) groups is 1. The quantitative estimate of drug-likeness (QED) is 0.668. The number of pyridine rings is 1. The molecule has 0 aliphatic carbocycles. The van der Waals surface area contributed by atoms with E-state index in [0.717, 1.165) is 16.3 Å². The van der Waals surface area contributed by atoms with Crippen molar-refractivity contribution in [3.8, 4) is 0 Å². The molecule has 0 bridgehead atoms. The SMILES string of the molecule is Cc1cc(C)cc(CC(=O)c2nccc3ccccc23)c1. The number of hydrogen-bond acceptors (Lipinski definition) is 2. The molecule has 1 heterocycles. The van der Waals surface area contributed by atoms with Crippen LogP contribution in [-0.2, 0) is 6.42 Å². The number of aromatic nitrogens is 1. The van der Waals surface area contributed by atoms with E-state index in [1.54, 1.807) is 6.20 Å². The predicted octanol–water partition coefficient (Wildman–Crippen LogP) is 4.28. The van der Waals surface area contributed by atoms with Crippen LogP contribution in [0.5, 0.6) is 0 Å². The maximum atomic E-state index is 12.6. The number of Topliss-reactive ketones (excluding diaryl/α,β-unsaturated/α-hetero) is 1. The Labute approximate surface area is 124 Å². The highest BCUT2D eigenvalue weighted by molar-refractivity contribution is 6.07. The monoisotopic (exact) mass is 275 g/mol. The highest BCUT2D eigenvalue weighted by Crippen LogP contribution is 2.19. The van der Waals surface area contributed by atoms with Crippen molar-refractivity contribution in [2.75, 3.05) is 0 Å². The minimum absolute atomic E-state index is 0.0665. The average Bonchev–Trinajstić information content (AvgIpc) is 2.45. The van der Waals surface area contributed by atoms with E-state index < -0.39 is 0 Å². The lowest BCUT2D eigenvalue weighted by molar-refractivity contribution is 0.0990. The van der Waals surface area contributed by atoms with E-state index >= 15 is 0 Å². The van der Waals surface area contributed by atoms with Crippen LogP contribution in [0.25, 0.3) is 10.8 Å². The van der Waals surface area contributed by atoms with Gasteiger partial charge in [0.25, 0.3) is 0 Å². The van der Waals surface area contributed by atoms with Gasteiger partial charge in [0.05, 0.1) is 0 Å². The maximum absolute atomic E-state index is 12.6. The summed E-state index contributed by atoms with van der Waals surface area (Å²) in [5, 5.41) is 1.98. The molecule has 0 spiro atoms. The summed E-state index contributed by atoms with van der Waals surface area (Å²) in [5.74, 6) is 0.0665. The second-order valence-electron chi connectivity index (χ2n) is 5.48. The first kappa shape index (κ1) is 13.5. The number of ketones is 1. The second-order valence-corrected chi connectivity index (χ2v) is 5.48. The smallest absolute Gasteiger partial charge is 0.186 e. The van der Waals surface area contributed by atoms with Gasteiger partial charge in [0, 0.05) is 18.0 Å². The zero-order valence-corrected chi connectivity index (χ0v) is 12.3. The molecule has 0 fully saturated rings. The molecule has 0 atom stereocenters. The summed E-state index contributed by atoms with van der Waals surface area (Å²) in [6, 6.07) is 16.1. The molecule has 21 heavy (non-hydrogen) atoms. The van der Waals surface area contributed by atoms with Gasteiger partial charge in [-0.05, 0) is 30.9 Å². The number of rotatable bonds is 3. The minimum atomic E-state index is 0.0665. The molecule has 2 aromatic carbocycles. The summed E-state index contributed by atoms with van der Waals surface area (Å²) in [4.78, 5) is 16.9. The van der Waals surface area contributed by atoms with Crippen molar-refractivity contribution in [1.82, 2.24) is 4.98 Å². The molecule has 2 heteroatoms. The van der Waals surface area contributed by atoms with E-state index in [9.17, 15) is 4.79 Å². The first-order valence-electron chi connectivity index (χ1n) is 7.07. The van der Waals surface area contributed by atoms with Crippen LogP contribution in [0.3, 0.4) is 0 Å². The molecule has 2 nitrogen and oxygen atoms in total. The van der Waals surface area contributed by atoms with Gasteiger partial charge in [-0.2, -0.15) is 0 Å². The Bertz CT molecular complexity index is 795. The van der Waals surface area contributed by atoms with Gasteiger partial charge >= 0.3 is 0 Å². The molecule has 3 rings (SSSR count). The van der Waals surface area contributed by atoms with Crippen LogP contribution in [-0.4, -0.2) is 10.8 Å². The Morgan fingerprint density at radius 1 is 1.00 bits per heavy atom. The number of aryl methyl sites for hydroxylation is 2. The van der Waals surface area contributed by atoms with Crippen LogP contribution < -0.4 is 0 Å². The van der Waals surface area contributed by atoms with E-state index in [1.165, 1.54) is 11.1 Å². The van der Waals surface area contributed by atoms with Crippen LogP contribution in [0, 0.1) is 13.8 Å². The number of fused-ring (bicyclic) bond motifs is 1. The van der Waals surface area contributed by atoms with Crippen molar-refractivity contribution in [1.29, 1.82) is 0 Å². The second kappa shape index (κ2) is 5.49. The lowest BCUT2D eigenvalue weighted by Crippen LogP contribution is -2.07. The van der Waals surface area contributed by atoms with E-state index in [2.05, 4.69) is 37.0 Å². The van der Waals surface area contributed by atoms with Crippen molar-refractivity contribution in [3.05, 3.63) is 77.1 Å². The molecular weight excluding hydrogens is 258 g/mol. The first-order chi connectivity index (χ1) is 10.1. The van der Waals surface area contributed by atoms with Crippen LogP contribution in [0.1, 0.15) is 27.2 Å². The average molecular weight is 275 g/mol. The topological polar surface area (TPSA) is 30.0 Å². The Kier molecular flexibility index (Phi) is 3.53. The molecule has 0 N–H and O–H groups in total. The Balaban J connectivity index is 1.97. The summed E-state index contributed by atoms with van der Waals surface area (Å²) in [6.07, 6.45) is 2.10. The molecule has 3 aromatic rings. The third kappa shape index (κ3) is 2.84. The highest BCUT2D eigenvalue weighted by Gasteiger charge is 2.12. The molecule has 0 radical (unpaired) electrons. The summed E-state index contributed by atoms with van der Waals surface area (Å²) in [7, 11) is 0. The zero-order valence-electron chi connectivity index (χ0n) is 12.3. The zero-order chi connectivity index (χ0) is 14.8. The van der Waals surface area contributed by atoms with Gasteiger partial charge in [-0.3, -0.25) is 9.78 Å². The highest BCUT2D eigenvalue weighted by atomic mass is 16.1. The van der Waals surface area contributed by atoms with Crippen LogP contribution in [0.15, 0.2) is 54.7 Å². The molecule has 0 saturated heterocycles. The molecule has 104 valence electrons. The van der Waals surface area contributed by atoms with Crippen LogP contribution in [0.2, 0.25) is 0 Å². The fraction of sp³-hybridized carbons (Fsp3) is 0.158. The molecule has 0 aliphatic heterocycles. The Hall–Kier alpha value is -2.48. The molecular formula is C19H17NO. The number of hydrogen-bond donors (Lipinski definition) is 0. The number of nitrogens with zero attached hydrogens (tertiary/aromatic N) is 1. The molecule has 1 aromatic heterocycles. The van der Waals surface area contributed by atoms with Gasteiger partial charge in [-0.25, -0.2) is 0 Å². The van der Waals surface area contributed by atoms with E-state index in [-0.39, 0.29) is 5.78 Å². The van der Waals surface area contributed by atoms with E-state index in [4.69, 9.17) is 0 Å². The normalized spacial score (nSPS) is 10.8. The van der Waals surface area contributed by atoms with Gasteiger partial charge in [0.15, 0.2) is 5.78 Å². The molecule has 0 unspecified atom stereocenters. The van der Waals surface area contributed by atoms with Crippen molar-refractivity contribution in [2.45, 2.75) is 20.3 Å². The van der Waals surface area contributed by atoms with Gasteiger partial charge in [0.1, 0.15) is 5.69 Å². The summed E-state index contributed by atoms with van der Waals surface area (Å²) < 4.78 is 0. The van der Waals surface area contributed by atoms with Gasteiger partial charge < -0.3 is 0 Å². The van der Waals surface area contributed by atoms with Gasteiger partial charge in [0.2, 0.25) is 0 Å². The predicted molar refractivity (Wildman–Crippen MR) is 85.7 cm³/mol. The third-order valence-corrected chi connectivity index (χ3v) is 3.58. The van der Waals surface area contributed by atoms with Crippen molar-refractivity contribution in [2.24, 2.45) is 0 Å². The summed E-state index contributed by atoms with van der Waals surface area (Å²) in [5.41, 5.74) is 3.98. The van der Waals surface area contributed by atoms with E-state index in [1.807, 2.05) is 30.3 Å². The minimum Gasteiger partial charge on any atom is -0.292 e. The summed E-state index contributed by atoms with van der Waals surface area (Å²) in [6.45, 7) is 4.11. The van der Waals surface area contributed by atoms with Gasteiger partial charge in [-0.1, -0.05) is 53.6 Å². The van der Waals surface area contributed by atoms with Crippen molar-refractivity contribution >= 4 is 16.6 Å². The standard InChI is InChI=1S/C19H17NO/c1-13-9-14(2)11-15(10-13)12-18(21)19-17-6-4-3-5-16(17)7-8-20-19/h3-11H,12H2,1-2H3. The number of carbonyl (C=O) groups excluding carboxylic acids is 1. The molecule has 0 saturated carbocycles. The van der Waals surface area contributed by atoms with Crippen molar-refractivity contribution < 1.29 is 4.79 Å².